The molecular weight excluding hydrogens is 404 g/mol. The Morgan fingerprint density at radius 1 is 1.00 bits per heavy atom. The summed E-state index contributed by atoms with van der Waals surface area (Å²) in [6, 6.07) is 8.23. The molecule has 0 unspecified atom stereocenters. The highest BCUT2D eigenvalue weighted by Crippen LogP contribution is 2.31. The number of carbonyl (C=O) groups excluding carboxylic acids is 2. The van der Waals surface area contributed by atoms with Gasteiger partial charge < -0.3 is 24.0 Å². The summed E-state index contributed by atoms with van der Waals surface area (Å²) >= 11 is 0. The van der Waals surface area contributed by atoms with E-state index >= 15 is 0 Å². The van der Waals surface area contributed by atoms with Gasteiger partial charge in [-0.25, -0.2) is 9.48 Å². The summed E-state index contributed by atoms with van der Waals surface area (Å²) in [7, 11) is 3.10. The van der Waals surface area contributed by atoms with Gasteiger partial charge in [-0.05, 0) is 25.1 Å². The van der Waals surface area contributed by atoms with Gasteiger partial charge in [0, 0.05) is 43.9 Å². The van der Waals surface area contributed by atoms with Crippen molar-refractivity contribution in [2.45, 2.75) is 13.5 Å². The summed E-state index contributed by atoms with van der Waals surface area (Å²) < 4.78 is 16.7. The second-order valence-electron chi connectivity index (χ2n) is 6.85. The lowest BCUT2D eigenvalue weighted by Gasteiger charge is -2.34. The third-order valence-electron chi connectivity index (χ3n) is 4.99. The molecule has 0 aliphatic carbocycles. The van der Waals surface area contributed by atoms with Crippen LogP contribution in [0.25, 0.3) is 11.3 Å². The number of hydrogen-bond acceptors (Lipinski definition) is 7. The van der Waals surface area contributed by atoms with E-state index < -0.39 is 0 Å². The summed E-state index contributed by atoms with van der Waals surface area (Å²) in [5, 5.41) is 4.36. The van der Waals surface area contributed by atoms with Gasteiger partial charge in [-0.3, -0.25) is 9.59 Å². The van der Waals surface area contributed by atoms with Gasteiger partial charge in [-0.1, -0.05) is 0 Å². The fraction of sp³-hybridized carbons (Fsp3) is 0.429. The van der Waals surface area contributed by atoms with Crippen LogP contribution in [0.2, 0.25) is 0 Å². The Kier molecular flexibility index (Phi) is 7.11. The van der Waals surface area contributed by atoms with Crippen molar-refractivity contribution in [3.63, 3.8) is 0 Å². The van der Waals surface area contributed by atoms with E-state index in [9.17, 15) is 14.4 Å². The van der Waals surface area contributed by atoms with E-state index in [1.54, 1.807) is 48.1 Å². The largest absolute Gasteiger partial charge is 0.497 e. The van der Waals surface area contributed by atoms with Crippen LogP contribution < -0.4 is 15.0 Å². The quantitative estimate of drug-likeness (QED) is 0.679. The highest BCUT2D eigenvalue weighted by Gasteiger charge is 2.25. The van der Waals surface area contributed by atoms with Crippen LogP contribution in [0.1, 0.15) is 6.92 Å². The van der Waals surface area contributed by atoms with Gasteiger partial charge in [0.1, 0.15) is 18.0 Å². The number of piperazine rings is 1. The molecule has 10 nitrogen and oxygen atoms in total. The molecule has 3 rings (SSSR count). The number of hydrogen-bond donors (Lipinski definition) is 0. The Bertz CT molecular complexity index is 998. The summed E-state index contributed by atoms with van der Waals surface area (Å²) in [5.41, 5.74) is 0.793. The van der Waals surface area contributed by atoms with Crippen molar-refractivity contribution in [1.29, 1.82) is 0 Å². The number of ether oxygens (including phenoxy) is 3. The zero-order chi connectivity index (χ0) is 22.4. The van der Waals surface area contributed by atoms with Crippen molar-refractivity contribution in [3.8, 4) is 22.8 Å². The van der Waals surface area contributed by atoms with Crippen LogP contribution in [-0.2, 0) is 16.1 Å². The summed E-state index contributed by atoms with van der Waals surface area (Å²) in [6.07, 6.45) is -0.381. The van der Waals surface area contributed by atoms with E-state index in [0.29, 0.717) is 55.5 Å². The van der Waals surface area contributed by atoms with Gasteiger partial charge in [0.25, 0.3) is 5.56 Å². The first-order valence-corrected chi connectivity index (χ1v) is 9.96. The third-order valence-corrected chi connectivity index (χ3v) is 4.99. The highest BCUT2D eigenvalue weighted by atomic mass is 16.6. The molecule has 1 aromatic heterocycles. The van der Waals surface area contributed by atoms with Gasteiger partial charge in [0.05, 0.1) is 26.5 Å². The van der Waals surface area contributed by atoms with Gasteiger partial charge in [-0.2, -0.15) is 5.10 Å². The van der Waals surface area contributed by atoms with Crippen molar-refractivity contribution in [1.82, 2.24) is 19.6 Å². The fourth-order valence-electron chi connectivity index (χ4n) is 3.30. The lowest BCUT2D eigenvalue weighted by atomic mass is 10.1. The molecular formula is C21H26N4O6. The SMILES string of the molecule is CCOC(=O)N1CCN(C(=O)Cn2nc(-c3ccc(OC)cc3OC)ccc2=O)CC1. The van der Waals surface area contributed by atoms with Crippen molar-refractivity contribution in [3.05, 3.63) is 40.7 Å². The van der Waals surface area contributed by atoms with Crippen LogP contribution in [0.15, 0.2) is 35.1 Å². The molecule has 0 atom stereocenters. The van der Waals surface area contributed by atoms with E-state index in [4.69, 9.17) is 14.2 Å². The summed E-state index contributed by atoms with van der Waals surface area (Å²) in [5.74, 6) is 0.932. The molecule has 2 aromatic rings. The first-order chi connectivity index (χ1) is 15.0. The van der Waals surface area contributed by atoms with Gasteiger partial charge in [0.2, 0.25) is 5.91 Å². The van der Waals surface area contributed by atoms with Crippen molar-refractivity contribution >= 4 is 12.0 Å². The molecule has 1 aromatic carbocycles. The Morgan fingerprint density at radius 3 is 2.35 bits per heavy atom. The molecule has 0 spiro atoms. The van der Waals surface area contributed by atoms with Crippen LogP contribution >= 0.6 is 0 Å². The predicted octanol–water partition coefficient (Wildman–Crippen LogP) is 1.23. The normalized spacial score (nSPS) is 13.6. The number of carbonyl (C=O) groups is 2. The molecule has 1 fully saturated rings. The van der Waals surface area contributed by atoms with Gasteiger partial charge in [0.15, 0.2) is 0 Å². The Hall–Kier alpha value is -3.56. The van der Waals surface area contributed by atoms with Crippen LogP contribution in [0.5, 0.6) is 11.5 Å². The monoisotopic (exact) mass is 430 g/mol. The predicted molar refractivity (Wildman–Crippen MR) is 112 cm³/mol. The first-order valence-electron chi connectivity index (χ1n) is 9.96. The van der Waals surface area contributed by atoms with E-state index in [2.05, 4.69) is 5.10 Å². The Balaban J connectivity index is 1.73. The lowest BCUT2D eigenvalue weighted by Crippen LogP contribution is -2.51. The zero-order valence-corrected chi connectivity index (χ0v) is 17.9. The van der Waals surface area contributed by atoms with Crippen LogP contribution in [0.4, 0.5) is 4.79 Å². The molecule has 2 heterocycles. The average molecular weight is 430 g/mol. The van der Waals surface area contributed by atoms with Crippen molar-refractivity contribution < 1.29 is 23.8 Å². The number of aromatic nitrogens is 2. The maximum atomic E-state index is 12.7. The molecule has 166 valence electrons. The third kappa shape index (κ3) is 5.14. The minimum atomic E-state index is -0.381. The minimum absolute atomic E-state index is 0.190. The van der Waals surface area contributed by atoms with Crippen molar-refractivity contribution in [2.24, 2.45) is 0 Å². The molecule has 1 aliphatic heterocycles. The molecule has 10 heteroatoms. The molecule has 1 saturated heterocycles. The molecule has 31 heavy (non-hydrogen) atoms. The molecule has 0 radical (unpaired) electrons. The Labute approximate surface area is 179 Å². The number of nitrogens with zero attached hydrogens (tertiary/aromatic N) is 4. The van der Waals surface area contributed by atoms with Crippen molar-refractivity contribution in [2.75, 3.05) is 47.0 Å². The van der Waals surface area contributed by atoms with Gasteiger partial charge in [-0.15, -0.1) is 0 Å². The average Bonchev–Trinajstić information content (AvgIpc) is 2.80. The van der Waals surface area contributed by atoms with E-state index in [1.807, 2.05) is 0 Å². The standard InChI is InChI=1S/C21H26N4O6/c1-4-31-21(28)24-11-9-23(10-12-24)20(27)14-25-19(26)8-7-17(22-25)16-6-5-15(29-2)13-18(16)30-3/h5-8,13H,4,9-12,14H2,1-3H3. The molecule has 0 saturated carbocycles. The van der Waals surface area contributed by atoms with Crippen LogP contribution in [-0.4, -0.2) is 78.6 Å². The second-order valence-corrected chi connectivity index (χ2v) is 6.85. The highest BCUT2D eigenvalue weighted by molar-refractivity contribution is 5.76. The maximum absolute atomic E-state index is 12.7. The fourth-order valence-corrected chi connectivity index (χ4v) is 3.30. The smallest absolute Gasteiger partial charge is 0.409 e. The second kappa shape index (κ2) is 9.96. The summed E-state index contributed by atoms with van der Waals surface area (Å²) in [4.78, 5) is 40.0. The van der Waals surface area contributed by atoms with E-state index in [0.717, 1.165) is 4.68 Å². The van der Waals surface area contributed by atoms with Gasteiger partial charge >= 0.3 is 6.09 Å². The lowest BCUT2D eigenvalue weighted by molar-refractivity contribution is -0.133. The number of rotatable bonds is 6. The van der Waals surface area contributed by atoms with E-state index in [1.165, 1.54) is 13.2 Å². The minimum Gasteiger partial charge on any atom is -0.497 e. The molecule has 0 bridgehead atoms. The summed E-state index contributed by atoms with van der Waals surface area (Å²) in [6.45, 7) is 3.38. The number of amides is 2. The molecule has 1 aliphatic rings. The molecule has 0 N–H and O–H groups in total. The molecule has 2 amide bonds. The van der Waals surface area contributed by atoms with Crippen LogP contribution in [0, 0.1) is 0 Å². The number of benzene rings is 1. The Morgan fingerprint density at radius 2 is 1.71 bits per heavy atom. The topological polar surface area (TPSA) is 103 Å². The maximum Gasteiger partial charge on any atom is 0.409 e. The van der Waals surface area contributed by atoms with E-state index in [-0.39, 0.29) is 24.1 Å². The number of methoxy groups -OCH3 is 2. The first kappa shape index (κ1) is 22.1. The zero-order valence-electron chi connectivity index (χ0n) is 17.9. The van der Waals surface area contributed by atoms with Crippen LogP contribution in [0.3, 0.4) is 0 Å².